The van der Waals surface area contributed by atoms with Gasteiger partial charge in [0.1, 0.15) is 5.82 Å². The predicted molar refractivity (Wildman–Crippen MR) is 86.9 cm³/mol. The number of rotatable bonds is 4. The largest absolute Gasteiger partial charge is 0.479 e. The van der Waals surface area contributed by atoms with E-state index in [0.717, 1.165) is 0 Å². The summed E-state index contributed by atoms with van der Waals surface area (Å²) in [6.07, 6.45) is 0. The van der Waals surface area contributed by atoms with Crippen LogP contribution >= 0.6 is 31.9 Å². The van der Waals surface area contributed by atoms with Crippen LogP contribution < -0.4 is 5.32 Å². The van der Waals surface area contributed by atoms with Crippen LogP contribution in [0.5, 0.6) is 0 Å². The molecule has 3 nitrogen and oxygen atoms in total. The molecule has 0 saturated heterocycles. The molecule has 0 bridgehead atoms. The summed E-state index contributed by atoms with van der Waals surface area (Å²) in [6, 6.07) is 11.3. The molecule has 0 saturated carbocycles. The average molecular weight is 417 g/mol. The van der Waals surface area contributed by atoms with E-state index in [9.17, 15) is 14.3 Å². The maximum Gasteiger partial charge on any atom is 0.333 e. The number of carboxylic acids is 1. The number of para-hydroxylation sites is 1. The van der Waals surface area contributed by atoms with Crippen molar-refractivity contribution in [1.29, 1.82) is 0 Å². The number of nitrogens with one attached hydrogen (secondary N) is 1. The highest BCUT2D eigenvalue weighted by molar-refractivity contribution is 9.10. The first-order valence-corrected chi connectivity index (χ1v) is 7.65. The molecule has 2 N–H and O–H groups in total. The lowest BCUT2D eigenvalue weighted by Crippen LogP contribution is -2.41. The number of hydrogen-bond donors (Lipinski definition) is 2. The fourth-order valence-corrected chi connectivity index (χ4v) is 2.69. The molecule has 0 radical (unpaired) electrons. The van der Waals surface area contributed by atoms with Crippen LogP contribution in [0.3, 0.4) is 0 Å². The number of carbonyl (C=O) groups is 1. The quantitative estimate of drug-likeness (QED) is 0.755. The van der Waals surface area contributed by atoms with Crippen molar-refractivity contribution in [2.75, 3.05) is 5.32 Å². The van der Waals surface area contributed by atoms with Crippen molar-refractivity contribution >= 4 is 43.5 Å². The summed E-state index contributed by atoms with van der Waals surface area (Å²) < 4.78 is 15.4. The summed E-state index contributed by atoms with van der Waals surface area (Å²) in [6.45, 7) is 1.43. The Bertz CT molecular complexity index is 693. The summed E-state index contributed by atoms with van der Waals surface area (Å²) in [7, 11) is 0. The topological polar surface area (TPSA) is 49.3 Å². The smallest absolute Gasteiger partial charge is 0.333 e. The van der Waals surface area contributed by atoms with Gasteiger partial charge in [0.05, 0.1) is 0 Å². The minimum atomic E-state index is -1.60. The third-order valence-corrected chi connectivity index (χ3v) is 4.34. The van der Waals surface area contributed by atoms with E-state index in [1.165, 1.54) is 25.1 Å². The van der Waals surface area contributed by atoms with Crippen molar-refractivity contribution in [3.63, 3.8) is 0 Å². The highest BCUT2D eigenvalue weighted by Gasteiger charge is 2.38. The maximum atomic E-state index is 14.1. The zero-order valence-corrected chi connectivity index (χ0v) is 14.2. The Morgan fingerprint density at radius 3 is 2.52 bits per heavy atom. The van der Waals surface area contributed by atoms with Gasteiger partial charge in [-0.15, -0.1) is 0 Å². The Hall–Kier alpha value is -1.40. The van der Waals surface area contributed by atoms with Gasteiger partial charge in [0, 0.05) is 20.2 Å². The number of carboxylic acid groups (broad SMARTS) is 1. The molecule has 2 aromatic rings. The third-order valence-electron chi connectivity index (χ3n) is 3.15. The Balaban J connectivity index is 2.53. The molecule has 110 valence electrons. The van der Waals surface area contributed by atoms with Crippen LogP contribution in [0, 0.1) is 5.82 Å². The van der Waals surface area contributed by atoms with Gasteiger partial charge in [0.15, 0.2) is 5.54 Å². The van der Waals surface area contributed by atoms with Crippen LogP contribution in [-0.2, 0) is 10.3 Å². The standard InChI is InChI=1S/C15H12Br2FNO2/c1-15(14(20)21,10-8-9(16)6-7-12(10)18)19-13-5-3-2-4-11(13)17/h2-8,19H,1H3,(H,20,21). The molecular formula is C15H12Br2FNO2. The average Bonchev–Trinajstić information content (AvgIpc) is 2.43. The van der Waals surface area contributed by atoms with Gasteiger partial charge in [0.25, 0.3) is 0 Å². The van der Waals surface area contributed by atoms with Gasteiger partial charge in [-0.1, -0.05) is 28.1 Å². The van der Waals surface area contributed by atoms with E-state index in [-0.39, 0.29) is 5.56 Å². The monoisotopic (exact) mass is 415 g/mol. The predicted octanol–water partition coefficient (Wildman–Crippen LogP) is 4.76. The van der Waals surface area contributed by atoms with Crippen molar-refractivity contribution in [2.45, 2.75) is 12.5 Å². The van der Waals surface area contributed by atoms with Gasteiger partial charge in [-0.2, -0.15) is 0 Å². The molecule has 2 aromatic carbocycles. The Morgan fingerprint density at radius 1 is 1.24 bits per heavy atom. The highest BCUT2D eigenvalue weighted by atomic mass is 79.9. The number of benzene rings is 2. The molecule has 0 fully saturated rings. The van der Waals surface area contributed by atoms with Gasteiger partial charge in [-0.05, 0) is 53.2 Å². The summed E-state index contributed by atoms with van der Waals surface area (Å²) in [5.41, 5.74) is -0.973. The number of aliphatic carboxylic acids is 1. The minimum Gasteiger partial charge on any atom is -0.479 e. The lowest BCUT2D eigenvalue weighted by atomic mass is 9.91. The van der Waals surface area contributed by atoms with E-state index in [4.69, 9.17) is 0 Å². The van der Waals surface area contributed by atoms with Gasteiger partial charge in [0.2, 0.25) is 0 Å². The van der Waals surface area contributed by atoms with Gasteiger partial charge >= 0.3 is 5.97 Å². The molecule has 0 aliphatic carbocycles. The second kappa shape index (κ2) is 6.15. The second-order valence-corrected chi connectivity index (χ2v) is 6.43. The second-order valence-electron chi connectivity index (χ2n) is 4.66. The van der Waals surface area contributed by atoms with Crippen molar-refractivity contribution in [1.82, 2.24) is 0 Å². The molecule has 0 spiro atoms. The molecule has 0 aliphatic heterocycles. The fraction of sp³-hybridized carbons (Fsp3) is 0.133. The lowest BCUT2D eigenvalue weighted by molar-refractivity contribution is -0.142. The Morgan fingerprint density at radius 2 is 1.90 bits per heavy atom. The molecule has 0 aliphatic rings. The van der Waals surface area contributed by atoms with Crippen molar-refractivity contribution < 1.29 is 14.3 Å². The molecular weight excluding hydrogens is 405 g/mol. The zero-order chi connectivity index (χ0) is 15.6. The molecule has 6 heteroatoms. The summed E-state index contributed by atoms with van der Waals surface area (Å²) in [4.78, 5) is 11.7. The Labute approximate surface area is 138 Å². The van der Waals surface area contributed by atoms with E-state index in [1.54, 1.807) is 18.2 Å². The number of halogens is 3. The van der Waals surface area contributed by atoms with Gasteiger partial charge < -0.3 is 10.4 Å². The van der Waals surface area contributed by atoms with Gasteiger partial charge in [-0.25, -0.2) is 9.18 Å². The van der Waals surface area contributed by atoms with Crippen LogP contribution in [-0.4, -0.2) is 11.1 Å². The van der Waals surface area contributed by atoms with Crippen molar-refractivity contribution in [3.8, 4) is 0 Å². The SMILES string of the molecule is CC(Nc1ccccc1Br)(C(=O)O)c1cc(Br)ccc1F. The summed E-state index contributed by atoms with van der Waals surface area (Å²) >= 11 is 6.59. The van der Waals surface area contributed by atoms with Crippen LogP contribution in [0.1, 0.15) is 12.5 Å². The zero-order valence-electron chi connectivity index (χ0n) is 11.0. The fourth-order valence-electron chi connectivity index (χ4n) is 1.95. The molecule has 21 heavy (non-hydrogen) atoms. The highest BCUT2D eigenvalue weighted by Crippen LogP contribution is 2.33. The minimum absolute atomic E-state index is 0.0557. The van der Waals surface area contributed by atoms with Crippen LogP contribution in [0.25, 0.3) is 0 Å². The maximum absolute atomic E-state index is 14.1. The normalized spacial score (nSPS) is 13.5. The van der Waals surface area contributed by atoms with E-state index < -0.39 is 17.3 Å². The number of hydrogen-bond acceptors (Lipinski definition) is 2. The molecule has 2 rings (SSSR count). The number of anilines is 1. The summed E-state index contributed by atoms with van der Waals surface area (Å²) in [5.74, 6) is -1.75. The first-order chi connectivity index (χ1) is 9.84. The van der Waals surface area contributed by atoms with Crippen LogP contribution in [0.2, 0.25) is 0 Å². The van der Waals surface area contributed by atoms with E-state index in [0.29, 0.717) is 14.6 Å². The molecule has 0 aromatic heterocycles. The Kier molecular flexibility index (Phi) is 4.68. The van der Waals surface area contributed by atoms with Gasteiger partial charge in [-0.3, -0.25) is 0 Å². The van der Waals surface area contributed by atoms with Crippen LogP contribution in [0.15, 0.2) is 51.4 Å². The molecule has 0 heterocycles. The van der Waals surface area contributed by atoms with Crippen LogP contribution in [0.4, 0.5) is 10.1 Å². The van der Waals surface area contributed by atoms with E-state index in [2.05, 4.69) is 37.2 Å². The molecule has 1 unspecified atom stereocenters. The van der Waals surface area contributed by atoms with Crippen molar-refractivity contribution in [3.05, 3.63) is 62.8 Å². The molecule has 1 atom stereocenters. The third kappa shape index (κ3) is 3.27. The van der Waals surface area contributed by atoms with E-state index >= 15 is 0 Å². The van der Waals surface area contributed by atoms with E-state index in [1.807, 2.05) is 6.07 Å². The summed E-state index contributed by atoms with van der Waals surface area (Å²) in [5, 5.41) is 12.5. The van der Waals surface area contributed by atoms with Crippen molar-refractivity contribution in [2.24, 2.45) is 0 Å². The molecule has 0 amide bonds. The first-order valence-electron chi connectivity index (χ1n) is 6.06. The first kappa shape index (κ1) is 16.0. The lowest BCUT2D eigenvalue weighted by Gasteiger charge is -2.29.